The van der Waals surface area contributed by atoms with E-state index in [0.717, 1.165) is 24.0 Å². The van der Waals surface area contributed by atoms with E-state index in [1.54, 1.807) is 24.3 Å². The highest BCUT2D eigenvalue weighted by molar-refractivity contribution is 14.1. The Morgan fingerprint density at radius 2 is 1.72 bits per heavy atom. The monoisotopic (exact) mass is 689 g/mol. The van der Waals surface area contributed by atoms with E-state index < -0.39 is 5.97 Å². The van der Waals surface area contributed by atoms with Crippen molar-refractivity contribution < 1.29 is 14.3 Å². The molecule has 4 nitrogen and oxygen atoms in total. The fourth-order valence-corrected chi connectivity index (χ4v) is 5.48. The van der Waals surface area contributed by atoms with Crippen LogP contribution < -0.4 is 4.74 Å². The highest BCUT2D eigenvalue weighted by atomic mass is 127. The number of rotatable bonds is 5. The Bertz CT molecular complexity index is 1250. The molecule has 0 fully saturated rings. The summed E-state index contributed by atoms with van der Waals surface area (Å²) in [7, 11) is 0. The van der Waals surface area contributed by atoms with Gasteiger partial charge in [-0.05, 0) is 99.6 Å². The minimum Gasteiger partial charge on any atom is -0.487 e. The molecule has 0 spiro atoms. The van der Waals surface area contributed by atoms with Crippen LogP contribution in [-0.4, -0.2) is 11.9 Å². The van der Waals surface area contributed by atoms with Gasteiger partial charge in [0.2, 0.25) is 5.90 Å². The lowest BCUT2D eigenvalue weighted by Gasteiger charge is -2.12. The van der Waals surface area contributed by atoms with E-state index in [2.05, 4.69) is 81.4 Å². The molecule has 0 atom stereocenters. The summed E-state index contributed by atoms with van der Waals surface area (Å²) in [6, 6.07) is 17.0. The van der Waals surface area contributed by atoms with Gasteiger partial charge in [0.15, 0.2) is 5.70 Å². The van der Waals surface area contributed by atoms with Crippen LogP contribution in [0.4, 0.5) is 0 Å². The molecular weight excluding hydrogens is 675 g/mol. The Morgan fingerprint density at radius 3 is 2.41 bits per heavy atom. The van der Waals surface area contributed by atoms with E-state index in [1.165, 1.54) is 5.56 Å². The number of halogens is 4. The summed E-state index contributed by atoms with van der Waals surface area (Å²) in [4.78, 5) is 16.7. The first-order valence-corrected chi connectivity index (χ1v) is 12.4. The molecule has 4 rings (SSSR count). The molecular formula is C24H15Cl2I2NO3. The summed E-state index contributed by atoms with van der Waals surface area (Å²) in [5, 5.41) is 0.882. The molecule has 0 unspecified atom stereocenters. The summed E-state index contributed by atoms with van der Waals surface area (Å²) in [6.45, 7) is 2.54. The van der Waals surface area contributed by atoms with Gasteiger partial charge in [0.1, 0.15) is 12.4 Å². The number of ether oxygens (including phenoxy) is 2. The van der Waals surface area contributed by atoms with Crippen LogP contribution in [0.1, 0.15) is 22.3 Å². The zero-order chi connectivity index (χ0) is 22.8. The molecule has 3 aromatic rings. The molecule has 1 heterocycles. The molecule has 0 bridgehead atoms. The SMILES string of the molecule is Cc1ccc(COc2c(I)cc(/C=C3/N=C(c4cc(Cl)ccc4Cl)OC3=O)cc2I)cc1. The molecule has 162 valence electrons. The summed E-state index contributed by atoms with van der Waals surface area (Å²) < 4.78 is 13.2. The van der Waals surface area contributed by atoms with Gasteiger partial charge in [0, 0.05) is 5.02 Å². The van der Waals surface area contributed by atoms with Gasteiger partial charge in [-0.15, -0.1) is 0 Å². The third kappa shape index (κ3) is 5.47. The minimum absolute atomic E-state index is 0.135. The molecule has 0 N–H and O–H groups in total. The highest BCUT2D eigenvalue weighted by Gasteiger charge is 2.26. The molecule has 32 heavy (non-hydrogen) atoms. The second kappa shape index (κ2) is 10.1. The average molecular weight is 690 g/mol. The number of aryl methyl sites for hydroxylation is 1. The number of carbonyl (C=O) groups is 1. The van der Waals surface area contributed by atoms with Crippen LogP contribution in [0, 0.1) is 14.1 Å². The third-order valence-electron chi connectivity index (χ3n) is 4.61. The van der Waals surface area contributed by atoms with Crippen LogP contribution in [0.15, 0.2) is 65.3 Å². The summed E-state index contributed by atoms with van der Waals surface area (Å²) in [5.41, 5.74) is 3.79. The van der Waals surface area contributed by atoms with Crippen molar-refractivity contribution in [3.8, 4) is 5.75 Å². The van der Waals surface area contributed by atoms with Crippen molar-refractivity contribution in [1.82, 2.24) is 0 Å². The second-order valence-corrected chi connectivity index (χ2v) is 10.2. The van der Waals surface area contributed by atoms with Crippen LogP contribution in [-0.2, 0) is 16.1 Å². The number of esters is 1. The Balaban J connectivity index is 1.57. The van der Waals surface area contributed by atoms with Crippen LogP contribution >= 0.6 is 68.4 Å². The zero-order valence-corrected chi connectivity index (χ0v) is 22.5. The molecule has 1 aliphatic heterocycles. The zero-order valence-electron chi connectivity index (χ0n) is 16.7. The van der Waals surface area contributed by atoms with E-state index in [9.17, 15) is 4.79 Å². The van der Waals surface area contributed by atoms with Gasteiger partial charge in [-0.25, -0.2) is 9.79 Å². The number of aliphatic imine (C=N–C) groups is 1. The quantitative estimate of drug-likeness (QED) is 0.159. The lowest BCUT2D eigenvalue weighted by atomic mass is 10.1. The molecule has 3 aromatic carbocycles. The van der Waals surface area contributed by atoms with Gasteiger partial charge < -0.3 is 9.47 Å². The summed E-state index contributed by atoms with van der Waals surface area (Å²) in [5.74, 6) is 0.398. The lowest BCUT2D eigenvalue weighted by Crippen LogP contribution is -2.06. The fourth-order valence-electron chi connectivity index (χ4n) is 2.98. The minimum atomic E-state index is -0.541. The number of hydrogen-bond acceptors (Lipinski definition) is 4. The molecule has 0 amide bonds. The summed E-state index contributed by atoms with van der Waals surface area (Å²) >= 11 is 16.7. The van der Waals surface area contributed by atoms with Gasteiger partial charge in [-0.1, -0.05) is 53.0 Å². The van der Waals surface area contributed by atoms with E-state index in [1.807, 2.05) is 12.1 Å². The van der Waals surface area contributed by atoms with E-state index >= 15 is 0 Å². The third-order valence-corrected chi connectivity index (χ3v) is 6.77. The Morgan fingerprint density at radius 1 is 1.03 bits per heavy atom. The molecule has 0 aliphatic carbocycles. The van der Waals surface area contributed by atoms with Gasteiger partial charge >= 0.3 is 5.97 Å². The highest BCUT2D eigenvalue weighted by Crippen LogP contribution is 2.32. The van der Waals surface area contributed by atoms with E-state index in [0.29, 0.717) is 22.2 Å². The lowest BCUT2D eigenvalue weighted by molar-refractivity contribution is -0.129. The molecule has 0 radical (unpaired) electrons. The van der Waals surface area contributed by atoms with Crippen molar-refractivity contribution in [2.45, 2.75) is 13.5 Å². The smallest absolute Gasteiger partial charge is 0.363 e. The number of carbonyl (C=O) groups excluding carboxylic acids is 1. The summed E-state index contributed by atoms with van der Waals surface area (Å²) in [6.07, 6.45) is 1.68. The number of cyclic esters (lactones) is 1. The van der Waals surface area contributed by atoms with Crippen molar-refractivity contribution in [2.24, 2.45) is 4.99 Å². The predicted octanol–water partition coefficient (Wildman–Crippen LogP) is 7.43. The van der Waals surface area contributed by atoms with Gasteiger partial charge in [0.25, 0.3) is 0 Å². The Hall–Kier alpha value is -1.62. The van der Waals surface area contributed by atoms with E-state index in [-0.39, 0.29) is 11.6 Å². The standard InChI is InChI=1S/C24H15Cl2I2NO3/c1-13-2-4-14(5-3-13)12-31-22-19(27)8-15(9-20(22)28)10-21-24(30)32-23(29-21)17-11-16(25)6-7-18(17)26/h2-11H,12H2,1H3/b21-10+. The Labute approximate surface area is 222 Å². The molecule has 1 aliphatic rings. The van der Waals surface area contributed by atoms with Crippen molar-refractivity contribution >= 4 is 86.3 Å². The maximum atomic E-state index is 12.4. The molecule has 8 heteroatoms. The molecule has 0 saturated heterocycles. The first kappa shape index (κ1) is 23.5. The van der Waals surface area contributed by atoms with Crippen LogP contribution in [0.2, 0.25) is 10.0 Å². The number of hydrogen-bond donors (Lipinski definition) is 0. The van der Waals surface area contributed by atoms with Gasteiger partial charge in [-0.2, -0.15) is 0 Å². The fraction of sp³-hybridized carbons (Fsp3) is 0.0833. The molecule has 0 saturated carbocycles. The Kier molecular flexibility index (Phi) is 7.44. The topological polar surface area (TPSA) is 47.9 Å². The number of benzene rings is 3. The van der Waals surface area contributed by atoms with Crippen molar-refractivity contribution in [1.29, 1.82) is 0 Å². The van der Waals surface area contributed by atoms with Gasteiger partial charge in [-0.3, -0.25) is 0 Å². The molecule has 0 aromatic heterocycles. The first-order valence-electron chi connectivity index (χ1n) is 9.45. The van der Waals surface area contributed by atoms with Crippen LogP contribution in [0.25, 0.3) is 6.08 Å². The van der Waals surface area contributed by atoms with E-state index in [4.69, 9.17) is 32.7 Å². The predicted molar refractivity (Wildman–Crippen MR) is 144 cm³/mol. The number of nitrogens with zero attached hydrogens (tertiary/aromatic N) is 1. The van der Waals surface area contributed by atoms with Crippen LogP contribution in [0.5, 0.6) is 5.75 Å². The largest absolute Gasteiger partial charge is 0.487 e. The first-order chi connectivity index (χ1) is 15.3. The van der Waals surface area contributed by atoms with Crippen molar-refractivity contribution in [2.75, 3.05) is 0 Å². The van der Waals surface area contributed by atoms with Crippen molar-refractivity contribution in [3.63, 3.8) is 0 Å². The average Bonchev–Trinajstić information content (AvgIpc) is 3.10. The second-order valence-electron chi connectivity index (χ2n) is 7.05. The maximum absolute atomic E-state index is 12.4. The maximum Gasteiger partial charge on any atom is 0.363 e. The van der Waals surface area contributed by atoms with Crippen LogP contribution in [0.3, 0.4) is 0 Å². The van der Waals surface area contributed by atoms with Gasteiger partial charge in [0.05, 0.1) is 17.7 Å². The van der Waals surface area contributed by atoms with Crippen molar-refractivity contribution in [3.05, 3.63) is 99.7 Å². The normalized spacial score (nSPS) is 14.5.